The number of aromatic amines is 1. The molecule has 0 radical (unpaired) electrons. The molecule has 2 aliphatic rings. The number of aromatic nitrogens is 5. The molecule has 0 bridgehead atoms. The highest BCUT2D eigenvalue weighted by atomic mass is 16.2. The van der Waals surface area contributed by atoms with E-state index in [0.29, 0.717) is 23.3 Å². The maximum Gasteiger partial charge on any atom is 0.252 e. The summed E-state index contributed by atoms with van der Waals surface area (Å²) in [6, 6.07) is 13.8. The second-order valence-electron chi connectivity index (χ2n) is 9.00. The molecule has 1 fully saturated rings. The van der Waals surface area contributed by atoms with Crippen molar-refractivity contribution in [3.8, 4) is 17.1 Å². The lowest BCUT2D eigenvalue weighted by atomic mass is 9.94. The summed E-state index contributed by atoms with van der Waals surface area (Å²) in [6.07, 6.45) is 6.48. The maximum atomic E-state index is 12.1. The van der Waals surface area contributed by atoms with E-state index in [1.165, 1.54) is 18.5 Å². The first kappa shape index (κ1) is 18.8. The third-order valence-electron chi connectivity index (χ3n) is 6.14. The van der Waals surface area contributed by atoms with Gasteiger partial charge in [0.1, 0.15) is 0 Å². The fourth-order valence-electron chi connectivity index (χ4n) is 4.19. The number of benzene rings is 2. The highest BCUT2D eigenvalue weighted by Crippen LogP contribution is 2.39. The summed E-state index contributed by atoms with van der Waals surface area (Å²) in [5.41, 5.74) is 5.29. The fourth-order valence-corrected chi connectivity index (χ4v) is 4.19. The summed E-state index contributed by atoms with van der Waals surface area (Å²) in [4.78, 5) is 21.2. The van der Waals surface area contributed by atoms with Crippen LogP contribution in [0.15, 0.2) is 55.0 Å². The van der Waals surface area contributed by atoms with E-state index < -0.39 is 5.54 Å². The minimum absolute atomic E-state index is 0.0420. The summed E-state index contributed by atoms with van der Waals surface area (Å²) in [6.45, 7) is 3.98. The van der Waals surface area contributed by atoms with Crippen LogP contribution in [0.3, 0.4) is 0 Å². The van der Waals surface area contributed by atoms with E-state index in [-0.39, 0.29) is 5.91 Å². The topological polar surface area (TPSA) is 101 Å². The van der Waals surface area contributed by atoms with Gasteiger partial charge in [0.15, 0.2) is 5.82 Å². The molecule has 0 spiro atoms. The Kier molecular flexibility index (Phi) is 3.98. The van der Waals surface area contributed by atoms with Gasteiger partial charge in [0, 0.05) is 34.6 Å². The Bertz CT molecular complexity index is 1330. The number of H-pyrrole nitrogens is 1. The standard InChI is InChI=1S/C24H23N7O/c1-24(2)19-11-16(7-10-18(19)22(32)28-24)26-23-27-21(29-30-23)15-5-8-17(9-6-15)31-12-20(25-13-31)14-3-4-14/h5-14H,3-4H2,1-2H3,(H,28,32)(H2,26,27,29,30). The van der Waals surface area contributed by atoms with Gasteiger partial charge in [-0.05, 0) is 74.7 Å². The fraction of sp³-hybridized carbons (Fsp3) is 0.250. The number of rotatable bonds is 5. The first-order chi connectivity index (χ1) is 15.5. The Morgan fingerprint density at radius 3 is 2.72 bits per heavy atom. The molecule has 1 aliphatic heterocycles. The number of anilines is 2. The predicted octanol–water partition coefficient (Wildman–Crippen LogP) is 4.26. The number of carbonyl (C=O) groups is 1. The maximum absolute atomic E-state index is 12.1. The van der Waals surface area contributed by atoms with Gasteiger partial charge in [0.25, 0.3) is 5.91 Å². The second-order valence-corrected chi connectivity index (χ2v) is 9.00. The van der Waals surface area contributed by atoms with E-state index in [1.54, 1.807) is 0 Å². The molecular weight excluding hydrogens is 402 g/mol. The molecule has 1 saturated carbocycles. The van der Waals surface area contributed by atoms with Crippen molar-refractivity contribution in [2.75, 3.05) is 5.32 Å². The Balaban J connectivity index is 1.20. The summed E-state index contributed by atoms with van der Waals surface area (Å²) in [7, 11) is 0. The Morgan fingerprint density at radius 1 is 1.12 bits per heavy atom. The molecule has 6 rings (SSSR count). The SMILES string of the molecule is CC1(C)NC(=O)c2ccc(Nc3n[nH]c(-c4ccc(-n5cnc(C6CC6)c5)cc4)n3)cc21. The first-order valence-corrected chi connectivity index (χ1v) is 10.8. The third kappa shape index (κ3) is 3.24. The van der Waals surface area contributed by atoms with E-state index in [2.05, 4.69) is 53.7 Å². The van der Waals surface area contributed by atoms with Gasteiger partial charge in [-0.25, -0.2) is 4.98 Å². The van der Waals surface area contributed by atoms with Crippen LogP contribution in [0.5, 0.6) is 0 Å². The van der Waals surface area contributed by atoms with Gasteiger partial charge in [0.05, 0.1) is 17.6 Å². The number of hydrogen-bond acceptors (Lipinski definition) is 5. The van der Waals surface area contributed by atoms with Crippen molar-refractivity contribution in [2.45, 2.75) is 38.1 Å². The Labute approximate surface area is 185 Å². The molecule has 3 N–H and O–H groups in total. The van der Waals surface area contributed by atoms with Gasteiger partial charge in [-0.3, -0.25) is 9.89 Å². The van der Waals surface area contributed by atoms with Crippen LogP contribution in [0.1, 0.15) is 54.2 Å². The van der Waals surface area contributed by atoms with Gasteiger partial charge in [-0.2, -0.15) is 4.98 Å². The number of nitrogens with one attached hydrogen (secondary N) is 3. The molecule has 3 heterocycles. The van der Waals surface area contributed by atoms with Crippen molar-refractivity contribution in [3.63, 3.8) is 0 Å². The van der Waals surface area contributed by atoms with Gasteiger partial charge < -0.3 is 15.2 Å². The van der Waals surface area contributed by atoms with Crippen LogP contribution in [0.2, 0.25) is 0 Å². The summed E-state index contributed by atoms with van der Waals surface area (Å²) in [5.74, 6) is 1.76. The molecule has 2 aromatic heterocycles. The Hall–Kier alpha value is -3.94. The lowest BCUT2D eigenvalue weighted by molar-refractivity contribution is 0.0940. The molecule has 160 valence electrons. The van der Waals surface area contributed by atoms with Crippen LogP contribution in [0.25, 0.3) is 17.1 Å². The van der Waals surface area contributed by atoms with Gasteiger partial charge in [0.2, 0.25) is 5.95 Å². The summed E-state index contributed by atoms with van der Waals surface area (Å²) in [5, 5.41) is 13.5. The zero-order valence-electron chi connectivity index (χ0n) is 17.9. The van der Waals surface area contributed by atoms with Crippen LogP contribution in [-0.4, -0.2) is 30.6 Å². The number of hydrogen-bond donors (Lipinski definition) is 3. The second kappa shape index (κ2) is 6.78. The molecule has 2 aromatic carbocycles. The minimum Gasteiger partial charge on any atom is -0.343 e. The van der Waals surface area contributed by atoms with Crippen molar-refractivity contribution in [1.29, 1.82) is 0 Å². The molecule has 8 heteroatoms. The van der Waals surface area contributed by atoms with Crippen LogP contribution in [0.4, 0.5) is 11.6 Å². The van der Waals surface area contributed by atoms with E-state index >= 15 is 0 Å². The molecule has 1 aliphatic carbocycles. The van der Waals surface area contributed by atoms with Crippen molar-refractivity contribution in [1.82, 2.24) is 30.0 Å². The number of imidazole rings is 1. The predicted molar refractivity (Wildman–Crippen MR) is 121 cm³/mol. The van der Waals surface area contributed by atoms with Crippen molar-refractivity contribution < 1.29 is 4.79 Å². The Morgan fingerprint density at radius 2 is 1.94 bits per heavy atom. The highest BCUT2D eigenvalue weighted by Gasteiger charge is 2.35. The van der Waals surface area contributed by atoms with E-state index in [9.17, 15) is 4.79 Å². The molecule has 0 atom stereocenters. The molecule has 4 aromatic rings. The molecule has 32 heavy (non-hydrogen) atoms. The average molecular weight is 425 g/mol. The average Bonchev–Trinajstić information content (AvgIpc) is 3.24. The first-order valence-electron chi connectivity index (χ1n) is 10.8. The monoisotopic (exact) mass is 425 g/mol. The van der Waals surface area contributed by atoms with Crippen LogP contribution in [-0.2, 0) is 5.54 Å². The van der Waals surface area contributed by atoms with Crippen LogP contribution >= 0.6 is 0 Å². The van der Waals surface area contributed by atoms with Crippen LogP contribution < -0.4 is 10.6 Å². The van der Waals surface area contributed by atoms with Crippen molar-refractivity contribution in [2.24, 2.45) is 0 Å². The van der Waals surface area contributed by atoms with Crippen molar-refractivity contribution >= 4 is 17.5 Å². The highest BCUT2D eigenvalue weighted by molar-refractivity contribution is 6.00. The van der Waals surface area contributed by atoms with E-state index in [1.807, 2.05) is 50.5 Å². The summed E-state index contributed by atoms with van der Waals surface area (Å²) < 4.78 is 2.06. The normalized spacial score (nSPS) is 16.6. The smallest absolute Gasteiger partial charge is 0.252 e. The zero-order valence-corrected chi connectivity index (χ0v) is 17.9. The molecule has 0 unspecified atom stereocenters. The molecule has 1 amide bonds. The van der Waals surface area contributed by atoms with Gasteiger partial charge in [-0.15, -0.1) is 5.10 Å². The number of amides is 1. The largest absolute Gasteiger partial charge is 0.343 e. The number of nitrogens with zero attached hydrogens (tertiary/aromatic N) is 4. The molecular formula is C24H23N7O. The van der Waals surface area contributed by atoms with E-state index in [0.717, 1.165) is 22.5 Å². The molecule has 0 saturated heterocycles. The lowest BCUT2D eigenvalue weighted by Gasteiger charge is -2.19. The lowest BCUT2D eigenvalue weighted by Crippen LogP contribution is -2.32. The van der Waals surface area contributed by atoms with Crippen LogP contribution in [0, 0.1) is 0 Å². The third-order valence-corrected chi connectivity index (χ3v) is 6.14. The summed E-state index contributed by atoms with van der Waals surface area (Å²) >= 11 is 0. The van der Waals surface area contributed by atoms with Crippen molar-refractivity contribution in [3.05, 3.63) is 71.8 Å². The number of carbonyl (C=O) groups excluding carboxylic acids is 1. The number of fused-ring (bicyclic) bond motifs is 1. The minimum atomic E-state index is -0.398. The zero-order chi connectivity index (χ0) is 21.9. The van der Waals surface area contributed by atoms with Gasteiger partial charge >= 0.3 is 0 Å². The molecule has 8 nitrogen and oxygen atoms in total. The van der Waals surface area contributed by atoms with E-state index in [4.69, 9.17) is 0 Å². The quantitative estimate of drug-likeness (QED) is 0.444. The van der Waals surface area contributed by atoms with Gasteiger partial charge in [-0.1, -0.05) is 0 Å².